The Hall–Kier alpha value is -1.57. The molecule has 2 nitrogen and oxygen atoms in total. The fraction of sp³-hybridized carbons (Fsp3) is 0.526. The van der Waals surface area contributed by atoms with Gasteiger partial charge in [-0.3, -0.25) is 4.79 Å². The zero-order valence-electron chi connectivity index (χ0n) is 13.6. The molecule has 0 N–H and O–H groups in total. The number of benzene rings is 1. The van der Waals surface area contributed by atoms with Crippen molar-refractivity contribution in [3.8, 4) is 0 Å². The minimum atomic E-state index is -0.197. The van der Waals surface area contributed by atoms with Gasteiger partial charge in [0.2, 0.25) is 0 Å². The molecule has 0 saturated heterocycles. The van der Waals surface area contributed by atoms with Crippen molar-refractivity contribution < 1.29 is 9.53 Å². The van der Waals surface area contributed by atoms with E-state index in [9.17, 15) is 4.79 Å². The van der Waals surface area contributed by atoms with E-state index in [0.29, 0.717) is 12.5 Å². The highest BCUT2D eigenvalue weighted by Crippen LogP contribution is 2.19. The average Bonchev–Trinajstić information content (AvgIpc) is 2.46. The van der Waals surface area contributed by atoms with Crippen LogP contribution in [0, 0.1) is 5.92 Å². The molecular weight excluding hydrogens is 260 g/mol. The molecule has 0 amide bonds. The number of hydrogen-bond acceptors (Lipinski definition) is 2. The summed E-state index contributed by atoms with van der Waals surface area (Å²) >= 11 is 0. The molecule has 0 saturated carbocycles. The molecule has 0 radical (unpaired) electrons. The van der Waals surface area contributed by atoms with Gasteiger partial charge in [0.15, 0.2) is 0 Å². The van der Waals surface area contributed by atoms with Gasteiger partial charge >= 0.3 is 5.97 Å². The van der Waals surface area contributed by atoms with Gasteiger partial charge in [0, 0.05) is 0 Å². The van der Waals surface area contributed by atoms with Crippen molar-refractivity contribution in [2.24, 2.45) is 5.92 Å². The fourth-order valence-corrected chi connectivity index (χ4v) is 2.24. The highest BCUT2D eigenvalue weighted by molar-refractivity contribution is 5.77. The first-order valence-corrected chi connectivity index (χ1v) is 7.91. The first-order valence-electron chi connectivity index (χ1n) is 7.91. The predicted octanol–water partition coefficient (Wildman–Crippen LogP) is 4.89. The fourth-order valence-electron chi connectivity index (χ4n) is 2.24. The lowest BCUT2D eigenvalue weighted by Crippen LogP contribution is -2.14. The molecule has 1 atom stereocenters. The van der Waals surface area contributed by atoms with Crippen molar-refractivity contribution in [1.82, 2.24) is 0 Å². The van der Waals surface area contributed by atoms with Crippen LogP contribution in [0.25, 0.3) is 0 Å². The zero-order chi connectivity index (χ0) is 15.7. The van der Waals surface area contributed by atoms with Gasteiger partial charge in [0.25, 0.3) is 0 Å². The Morgan fingerprint density at radius 1 is 1.19 bits per heavy atom. The molecule has 0 aliphatic rings. The SMILES string of the molecule is C=CCCCCOC(=O)C(C)c1ccc(CC(C)C)cc1. The lowest BCUT2D eigenvalue weighted by molar-refractivity contribution is -0.145. The zero-order valence-corrected chi connectivity index (χ0v) is 13.6. The molecule has 0 aromatic heterocycles. The molecule has 0 heterocycles. The van der Waals surface area contributed by atoms with E-state index in [1.807, 2.05) is 25.1 Å². The van der Waals surface area contributed by atoms with Gasteiger partial charge in [-0.25, -0.2) is 0 Å². The topological polar surface area (TPSA) is 26.3 Å². The summed E-state index contributed by atoms with van der Waals surface area (Å²) in [5, 5.41) is 0. The van der Waals surface area contributed by atoms with E-state index >= 15 is 0 Å². The predicted molar refractivity (Wildman–Crippen MR) is 88.4 cm³/mol. The second-order valence-corrected chi connectivity index (χ2v) is 6.01. The van der Waals surface area contributed by atoms with E-state index < -0.39 is 0 Å². The van der Waals surface area contributed by atoms with Crippen molar-refractivity contribution >= 4 is 5.97 Å². The summed E-state index contributed by atoms with van der Waals surface area (Å²) in [5.41, 5.74) is 2.34. The number of allylic oxidation sites excluding steroid dienone is 1. The molecule has 1 unspecified atom stereocenters. The summed E-state index contributed by atoms with van der Waals surface area (Å²) in [5.74, 6) is 0.316. The Balaban J connectivity index is 2.44. The largest absolute Gasteiger partial charge is 0.465 e. The quantitative estimate of drug-likeness (QED) is 0.367. The summed E-state index contributed by atoms with van der Waals surface area (Å²) in [6.45, 7) is 10.5. The van der Waals surface area contributed by atoms with Gasteiger partial charge in [0.05, 0.1) is 12.5 Å². The summed E-state index contributed by atoms with van der Waals surface area (Å²) in [6, 6.07) is 8.31. The van der Waals surface area contributed by atoms with Gasteiger partial charge in [-0.15, -0.1) is 6.58 Å². The van der Waals surface area contributed by atoms with Crippen molar-refractivity contribution in [1.29, 1.82) is 0 Å². The van der Waals surface area contributed by atoms with Gasteiger partial charge in [-0.05, 0) is 49.7 Å². The van der Waals surface area contributed by atoms with Crippen LogP contribution in [0.2, 0.25) is 0 Å². The Kier molecular flexibility index (Phi) is 7.81. The molecule has 0 aliphatic carbocycles. The van der Waals surface area contributed by atoms with Gasteiger partial charge < -0.3 is 4.74 Å². The molecular formula is C19H28O2. The molecule has 0 spiro atoms. The van der Waals surface area contributed by atoms with E-state index in [1.165, 1.54) is 5.56 Å². The third-order valence-electron chi connectivity index (χ3n) is 3.52. The van der Waals surface area contributed by atoms with Crippen LogP contribution in [0.4, 0.5) is 0 Å². The Morgan fingerprint density at radius 2 is 1.86 bits per heavy atom. The highest BCUT2D eigenvalue weighted by Gasteiger charge is 2.16. The Morgan fingerprint density at radius 3 is 2.43 bits per heavy atom. The van der Waals surface area contributed by atoms with Crippen LogP contribution in [0.5, 0.6) is 0 Å². The summed E-state index contributed by atoms with van der Waals surface area (Å²) in [6.07, 6.45) is 5.86. The lowest BCUT2D eigenvalue weighted by Gasteiger charge is -2.13. The molecule has 0 bridgehead atoms. The maximum absolute atomic E-state index is 12.0. The normalized spacial score (nSPS) is 12.2. The van der Waals surface area contributed by atoms with Crippen LogP contribution in [0.3, 0.4) is 0 Å². The Labute approximate surface area is 129 Å². The Bertz CT molecular complexity index is 431. The molecule has 0 fully saturated rings. The highest BCUT2D eigenvalue weighted by atomic mass is 16.5. The van der Waals surface area contributed by atoms with E-state index in [1.54, 1.807) is 0 Å². The number of esters is 1. The van der Waals surface area contributed by atoms with E-state index in [-0.39, 0.29) is 11.9 Å². The van der Waals surface area contributed by atoms with Crippen molar-refractivity contribution in [2.75, 3.05) is 6.61 Å². The van der Waals surface area contributed by atoms with Crippen LogP contribution in [-0.4, -0.2) is 12.6 Å². The molecule has 1 aromatic rings. The number of unbranched alkanes of at least 4 members (excludes halogenated alkanes) is 2. The first kappa shape index (κ1) is 17.5. The van der Waals surface area contributed by atoms with Crippen molar-refractivity contribution in [3.63, 3.8) is 0 Å². The average molecular weight is 288 g/mol. The van der Waals surface area contributed by atoms with Crippen molar-refractivity contribution in [3.05, 3.63) is 48.0 Å². The van der Waals surface area contributed by atoms with Gasteiger partial charge in [-0.1, -0.05) is 44.2 Å². The van der Waals surface area contributed by atoms with Crippen LogP contribution < -0.4 is 0 Å². The number of hydrogen-bond donors (Lipinski definition) is 0. The molecule has 116 valence electrons. The number of ether oxygens (including phenoxy) is 1. The van der Waals surface area contributed by atoms with Gasteiger partial charge in [0.1, 0.15) is 0 Å². The summed E-state index contributed by atoms with van der Waals surface area (Å²) in [4.78, 5) is 12.0. The van der Waals surface area contributed by atoms with Crippen LogP contribution in [-0.2, 0) is 16.0 Å². The van der Waals surface area contributed by atoms with E-state index in [0.717, 1.165) is 31.2 Å². The first-order chi connectivity index (χ1) is 10.0. The number of carbonyl (C=O) groups excluding carboxylic acids is 1. The maximum atomic E-state index is 12.0. The third kappa shape index (κ3) is 6.61. The maximum Gasteiger partial charge on any atom is 0.313 e. The molecule has 2 heteroatoms. The van der Waals surface area contributed by atoms with Gasteiger partial charge in [-0.2, -0.15) is 0 Å². The van der Waals surface area contributed by atoms with Crippen molar-refractivity contribution in [2.45, 2.75) is 52.4 Å². The number of carbonyl (C=O) groups is 1. The van der Waals surface area contributed by atoms with Crippen LogP contribution >= 0.6 is 0 Å². The number of rotatable bonds is 9. The minimum absolute atomic E-state index is 0.134. The van der Waals surface area contributed by atoms with E-state index in [2.05, 4.69) is 32.6 Å². The minimum Gasteiger partial charge on any atom is -0.465 e. The third-order valence-corrected chi connectivity index (χ3v) is 3.52. The van der Waals surface area contributed by atoms with Crippen LogP contribution in [0.1, 0.15) is 57.1 Å². The van der Waals surface area contributed by atoms with Crippen LogP contribution in [0.15, 0.2) is 36.9 Å². The lowest BCUT2D eigenvalue weighted by atomic mass is 9.97. The molecule has 1 rings (SSSR count). The second kappa shape index (κ2) is 9.38. The molecule has 21 heavy (non-hydrogen) atoms. The second-order valence-electron chi connectivity index (χ2n) is 6.01. The molecule has 1 aromatic carbocycles. The molecule has 0 aliphatic heterocycles. The summed E-state index contributed by atoms with van der Waals surface area (Å²) < 4.78 is 5.33. The summed E-state index contributed by atoms with van der Waals surface area (Å²) in [7, 11) is 0. The monoisotopic (exact) mass is 288 g/mol. The van der Waals surface area contributed by atoms with E-state index in [4.69, 9.17) is 4.74 Å². The standard InChI is InChI=1S/C19H28O2/c1-5-6-7-8-13-21-19(20)16(4)18-11-9-17(10-12-18)14-15(2)3/h5,9-12,15-16H,1,6-8,13-14H2,2-4H3. The smallest absolute Gasteiger partial charge is 0.313 e.